The van der Waals surface area contributed by atoms with Gasteiger partial charge < -0.3 is 9.47 Å². The molecule has 0 amide bonds. The van der Waals surface area contributed by atoms with Crippen LogP contribution in [-0.4, -0.2) is 28.6 Å². The first-order valence-corrected chi connectivity index (χ1v) is 9.60. The number of carbonyl (C=O) groups excluding carboxylic acids is 1. The van der Waals surface area contributed by atoms with Gasteiger partial charge in [0.2, 0.25) is 5.76 Å². The topological polar surface area (TPSA) is 76.5 Å². The molecule has 6 heteroatoms. The molecule has 1 saturated carbocycles. The van der Waals surface area contributed by atoms with Crippen LogP contribution < -0.4 is 0 Å². The van der Waals surface area contributed by atoms with Gasteiger partial charge in [0, 0.05) is 11.2 Å². The van der Waals surface area contributed by atoms with Crippen LogP contribution in [0.5, 0.6) is 0 Å². The van der Waals surface area contributed by atoms with E-state index in [0.717, 1.165) is 18.4 Å². The molecular formula is C17H21NO4S. The summed E-state index contributed by atoms with van der Waals surface area (Å²) < 4.78 is 30.6. The van der Waals surface area contributed by atoms with E-state index in [-0.39, 0.29) is 5.76 Å². The van der Waals surface area contributed by atoms with E-state index in [1.54, 1.807) is 24.3 Å². The molecule has 1 N–H and O–H groups in total. The van der Waals surface area contributed by atoms with Crippen molar-refractivity contribution in [1.82, 2.24) is 0 Å². The third-order valence-electron chi connectivity index (χ3n) is 4.12. The van der Waals surface area contributed by atoms with Crippen LogP contribution in [0.25, 0.3) is 5.57 Å². The van der Waals surface area contributed by atoms with Crippen LogP contribution in [0.2, 0.25) is 0 Å². The molecule has 124 valence electrons. The molecule has 5 nitrogen and oxygen atoms in total. The van der Waals surface area contributed by atoms with Gasteiger partial charge in [-0.25, -0.2) is 13.8 Å². The van der Waals surface area contributed by atoms with Gasteiger partial charge >= 0.3 is 5.97 Å². The Morgan fingerprint density at radius 1 is 1.30 bits per heavy atom. The lowest BCUT2D eigenvalue weighted by molar-refractivity contribution is -0.147. The Morgan fingerprint density at radius 2 is 1.91 bits per heavy atom. The Balaban J connectivity index is 1.99. The van der Waals surface area contributed by atoms with Crippen molar-refractivity contribution in [2.45, 2.75) is 37.2 Å². The minimum absolute atomic E-state index is 0.276. The number of esters is 1. The molecule has 0 saturated heterocycles. The van der Waals surface area contributed by atoms with E-state index in [0.29, 0.717) is 23.0 Å². The van der Waals surface area contributed by atoms with Crippen LogP contribution in [0, 0.1) is 10.7 Å². The van der Waals surface area contributed by atoms with Crippen molar-refractivity contribution in [2.24, 2.45) is 5.92 Å². The first kappa shape index (κ1) is 16.1. The quantitative estimate of drug-likeness (QED) is 0.838. The van der Waals surface area contributed by atoms with Crippen molar-refractivity contribution in [3.63, 3.8) is 0 Å². The van der Waals surface area contributed by atoms with E-state index < -0.39 is 21.3 Å². The smallest absolute Gasteiger partial charge is 0.374 e. The molecule has 23 heavy (non-hydrogen) atoms. The number of ether oxygens (including phenoxy) is 2. The fraction of sp³-hybridized carbons (Fsp3) is 0.471. The van der Waals surface area contributed by atoms with Crippen LogP contribution in [0.3, 0.4) is 0 Å². The van der Waals surface area contributed by atoms with E-state index in [1.165, 1.54) is 6.26 Å². The highest BCUT2D eigenvalue weighted by atomic mass is 32.2. The second-order valence-corrected chi connectivity index (χ2v) is 8.89. The molecule has 1 aromatic rings. The number of hydrogen-bond donors (Lipinski definition) is 1. The van der Waals surface area contributed by atoms with Gasteiger partial charge in [-0.15, -0.1) is 0 Å². The molecule has 1 fully saturated rings. The molecule has 0 bridgehead atoms. The molecule has 0 spiro atoms. The van der Waals surface area contributed by atoms with Gasteiger partial charge in [0.15, 0.2) is 0 Å². The first-order valence-electron chi connectivity index (χ1n) is 7.63. The van der Waals surface area contributed by atoms with Crippen LogP contribution >= 0.6 is 0 Å². The summed E-state index contributed by atoms with van der Waals surface area (Å²) in [6.45, 7) is 4.20. The Hall–Kier alpha value is -1.82. The fourth-order valence-electron chi connectivity index (χ4n) is 2.68. The Bertz CT molecular complexity index is 771. The van der Waals surface area contributed by atoms with Gasteiger partial charge in [0.25, 0.3) is 0 Å². The number of nitrogens with one attached hydrogen (secondary N) is 1. The fourth-order valence-corrected chi connectivity index (χ4v) is 3.34. The van der Waals surface area contributed by atoms with Crippen molar-refractivity contribution in [1.29, 1.82) is 4.78 Å². The highest BCUT2D eigenvalue weighted by molar-refractivity contribution is 7.91. The van der Waals surface area contributed by atoms with Gasteiger partial charge in [0.05, 0.1) is 21.9 Å². The third-order valence-corrected chi connectivity index (χ3v) is 5.29. The summed E-state index contributed by atoms with van der Waals surface area (Å²) in [6.07, 6.45) is 3.67. The summed E-state index contributed by atoms with van der Waals surface area (Å²) >= 11 is 0. The van der Waals surface area contributed by atoms with E-state index >= 15 is 0 Å². The molecule has 3 rings (SSSR count). The van der Waals surface area contributed by atoms with Gasteiger partial charge in [-0.05, 0) is 50.3 Å². The molecule has 0 aromatic heterocycles. The first-order chi connectivity index (χ1) is 10.7. The number of rotatable bonds is 5. The highest BCUT2D eigenvalue weighted by Gasteiger charge is 2.43. The number of carbonyl (C=O) groups is 1. The molecule has 0 radical (unpaired) electrons. The molecule has 1 aliphatic heterocycles. The van der Waals surface area contributed by atoms with Crippen molar-refractivity contribution in [2.75, 3.05) is 12.9 Å². The molecule has 1 unspecified atom stereocenters. The summed E-state index contributed by atoms with van der Waals surface area (Å²) in [4.78, 5) is 12.6. The average molecular weight is 335 g/mol. The van der Waals surface area contributed by atoms with Crippen LogP contribution in [-0.2, 0) is 24.0 Å². The molecule has 2 aliphatic rings. The molecular weight excluding hydrogens is 314 g/mol. The normalized spacial score (nSPS) is 22.7. The van der Waals surface area contributed by atoms with Gasteiger partial charge in [-0.3, -0.25) is 0 Å². The predicted molar refractivity (Wildman–Crippen MR) is 87.3 cm³/mol. The number of cyclic esters (lactones) is 1. The number of hydrogen-bond acceptors (Lipinski definition) is 5. The van der Waals surface area contributed by atoms with Crippen LogP contribution in [0.15, 0.2) is 34.9 Å². The zero-order chi connectivity index (χ0) is 16.8. The Kier molecular flexibility index (Phi) is 3.75. The van der Waals surface area contributed by atoms with Crippen LogP contribution in [0.4, 0.5) is 0 Å². The van der Waals surface area contributed by atoms with Crippen molar-refractivity contribution >= 4 is 21.3 Å². The average Bonchev–Trinajstić information content (AvgIpc) is 3.22. The monoisotopic (exact) mass is 335 g/mol. The molecule has 1 atom stereocenters. The van der Waals surface area contributed by atoms with Gasteiger partial charge in [-0.2, -0.15) is 0 Å². The minimum Gasteiger partial charge on any atom is -0.486 e. The standard InChI is InChI=1S/C17H21NO4S/c1-17(2)14(12-6-8-13(9-7-12)23(3,18)20)15(16(19)22-17)21-10-11-4-5-11/h6-9,11,18H,4-5,10H2,1-3H3. The minimum atomic E-state index is -2.75. The number of benzene rings is 1. The lowest BCUT2D eigenvalue weighted by Gasteiger charge is -2.21. The SMILES string of the molecule is CC1(C)OC(=O)C(OCC2CC2)=C1c1ccc(S(C)(=N)=O)cc1. The van der Waals surface area contributed by atoms with Gasteiger partial charge in [0.1, 0.15) is 5.60 Å². The molecule has 1 aliphatic carbocycles. The van der Waals surface area contributed by atoms with E-state index in [9.17, 15) is 9.00 Å². The van der Waals surface area contributed by atoms with Crippen molar-refractivity contribution in [3.8, 4) is 0 Å². The van der Waals surface area contributed by atoms with Crippen molar-refractivity contribution in [3.05, 3.63) is 35.6 Å². The summed E-state index contributed by atoms with van der Waals surface area (Å²) in [7, 11) is -2.75. The van der Waals surface area contributed by atoms with Crippen LogP contribution in [0.1, 0.15) is 32.3 Å². The zero-order valence-electron chi connectivity index (χ0n) is 13.5. The highest BCUT2D eigenvalue weighted by Crippen LogP contribution is 2.41. The molecule has 1 aromatic carbocycles. The molecule has 1 heterocycles. The lowest BCUT2D eigenvalue weighted by Crippen LogP contribution is -2.22. The zero-order valence-corrected chi connectivity index (χ0v) is 14.4. The maximum atomic E-state index is 12.2. The summed E-state index contributed by atoms with van der Waals surface area (Å²) in [5.74, 6) is 0.378. The van der Waals surface area contributed by atoms with E-state index in [4.69, 9.17) is 14.3 Å². The summed E-state index contributed by atoms with van der Waals surface area (Å²) in [5.41, 5.74) is 0.729. The van der Waals surface area contributed by atoms with E-state index in [2.05, 4.69) is 0 Å². The lowest BCUT2D eigenvalue weighted by atomic mass is 9.92. The maximum Gasteiger partial charge on any atom is 0.374 e. The predicted octanol–water partition coefficient (Wildman–Crippen LogP) is 3.20. The van der Waals surface area contributed by atoms with Gasteiger partial charge in [-0.1, -0.05) is 12.1 Å². The van der Waals surface area contributed by atoms with E-state index in [1.807, 2.05) is 13.8 Å². The Labute approximate surface area is 136 Å². The second kappa shape index (κ2) is 5.37. The third kappa shape index (κ3) is 3.27. The Morgan fingerprint density at radius 3 is 2.43 bits per heavy atom. The maximum absolute atomic E-state index is 12.2. The summed E-state index contributed by atoms with van der Waals surface area (Å²) in [5, 5.41) is 0. The summed E-state index contributed by atoms with van der Waals surface area (Å²) in [6, 6.07) is 6.86. The largest absolute Gasteiger partial charge is 0.486 e. The van der Waals surface area contributed by atoms with Crippen molar-refractivity contribution < 1.29 is 18.5 Å². The second-order valence-electron chi connectivity index (χ2n) is 6.73.